The first-order chi connectivity index (χ1) is 6.72. The van der Waals surface area contributed by atoms with E-state index in [0.717, 1.165) is 6.54 Å². The minimum atomic E-state index is -0.443. The van der Waals surface area contributed by atoms with Crippen molar-refractivity contribution in [1.29, 1.82) is 0 Å². The molecule has 0 radical (unpaired) electrons. The van der Waals surface area contributed by atoms with Crippen LogP contribution in [0.2, 0.25) is 0 Å². The van der Waals surface area contributed by atoms with Crippen molar-refractivity contribution < 1.29 is 5.11 Å². The lowest BCUT2D eigenvalue weighted by Gasteiger charge is -2.19. The van der Waals surface area contributed by atoms with Crippen molar-refractivity contribution in [2.45, 2.75) is 12.6 Å². The van der Waals surface area contributed by atoms with Crippen LogP contribution < -0.4 is 5.73 Å². The maximum absolute atomic E-state index is 9.33. The second-order valence-electron chi connectivity index (χ2n) is 3.44. The molecule has 78 valence electrons. The number of hydrogen-bond acceptors (Lipinski definition) is 4. The van der Waals surface area contributed by atoms with E-state index in [9.17, 15) is 5.11 Å². The number of pyridine rings is 1. The minimum absolute atomic E-state index is 0.306. The Morgan fingerprint density at radius 3 is 2.71 bits per heavy atom. The highest BCUT2D eigenvalue weighted by atomic mass is 16.3. The quantitative estimate of drug-likeness (QED) is 0.685. The number of likely N-dealkylation sites (N-methyl/N-ethyl adjacent to an activating group) is 1. The van der Waals surface area contributed by atoms with Gasteiger partial charge in [0.2, 0.25) is 0 Å². The Balaban J connectivity index is 2.37. The van der Waals surface area contributed by atoms with Gasteiger partial charge in [0.15, 0.2) is 0 Å². The van der Waals surface area contributed by atoms with Crippen LogP contribution in [0, 0.1) is 0 Å². The summed E-state index contributed by atoms with van der Waals surface area (Å²) in [5, 5.41) is 9.33. The lowest BCUT2D eigenvalue weighted by atomic mass is 10.2. The second kappa shape index (κ2) is 5.70. The van der Waals surface area contributed by atoms with Crippen LogP contribution in [0.3, 0.4) is 0 Å². The summed E-state index contributed by atoms with van der Waals surface area (Å²) in [6.07, 6.45) is 3.09. The molecule has 1 heterocycles. The average Bonchev–Trinajstić information content (AvgIpc) is 2.19. The van der Waals surface area contributed by atoms with Crippen molar-refractivity contribution in [3.8, 4) is 0 Å². The van der Waals surface area contributed by atoms with Gasteiger partial charge in [-0.1, -0.05) is 0 Å². The largest absolute Gasteiger partial charge is 0.390 e. The van der Waals surface area contributed by atoms with Crippen LogP contribution in [0.5, 0.6) is 0 Å². The summed E-state index contributed by atoms with van der Waals surface area (Å²) in [5.41, 5.74) is 6.51. The highest BCUT2D eigenvalue weighted by Gasteiger charge is 2.05. The summed E-state index contributed by atoms with van der Waals surface area (Å²) in [4.78, 5) is 5.98. The smallest absolute Gasteiger partial charge is 0.0789 e. The van der Waals surface area contributed by atoms with E-state index in [1.807, 2.05) is 24.1 Å². The van der Waals surface area contributed by atoms with Gasteiger partial charge in [-0.3, -0.25) is 9.88 Å². The maximum atomic E-state index is 9.33. The number of rotatable bonds is 5. The fourth-order valence-corrected chi connectivity index (χ4v) is 1.30. The van der Waals surface area contributed by atoms with Crippen LogP contribution in [-0.2, 0) is 6.54 Å². The summed E-state index contributed by atoms with van der Waals surface area (Å²) in [7, 11) is 1.96. The van der Waals surface area contributed by atoms with Gasteiger partial charge in [-0.2, -0.15) is 0 Å². The van der Waals surface area contributed by atoms with Gasteiger partial charge >= 0.3 is 0 Å². The van der Waals surface area contributed by atoms with Crippen molar-refractivity contribution in [2.24, 2.45) is 5.73 Å². The molecule has 0 aliphatic carbocycles. The number of aromatic nitrogens is 1. The molecule has 14 heavy (non-hydrogen) atoms. The molecule has 1 rings (SSSR count). The lowest BCUT2D eigenvalue weighted by molar-refractivity contribution is 0.129. The van der Waals surface area contributed by atoms with Crippen molar-refractivity contribution in [2.75, 3.05) is 20.1 Å². The average molecular weight is 195 g/mol. The van der Waals surface area contributed by atoms with Crippen molar-refractivity contribution in [1.82, 2.24) is 9.88 Å². The molecule has 0 spiro atoms. The van der Waals surface area contributed by atoms with Crippen LogP contribution in [0.25, 0.3) is 0 Å². The predicted molar refractivity (Wildman–Crippen MR) is 55.6 cm³/mol. The molecule has 1 aromatic heterocycles. The van der Waals surface area contributed by atoms with Crippen molar-refractivity contribution in [3.63, 3.8) is 0 Å². The molecule has 4 nitrogen and oxygen atoms in total. The monoisotopic (exact) mass is 195 g/mol. The fourth-order valence-electron chi connectivity index (χ4n) is 1.30. The zero-order valence-electron chi connectivity index (χ0n) is 8.43. The SMILES string of the molecule is CN(Cc1ccncc1)C[C@@H](O)CN. The topological polar surface area (TPSA) is 62.4 Å². The molecule has 0 unspecified atom stereocenters. The molecular formula is C10H17N3O. The van der Waals surface area contributed by atoms with E-state index >= 15 is 0 Å². The fraction of sp³-hybridized carbons (Fsp3) is 0.500. The van der Waals surface area contributed by atoms with Gasteiger partial charge in [0.1, 0.15) is 0 Å². The van der Waals surface area contributed by atoms with E-state index in [-0.39, 0.29) is 0 Å². The Morgan fingerprint density at radius 2 is 2.14 bits per heavy atom. The van der Waals surface area contributed by atoms with Gasteiger partial charge in [-0.25, -0.2) is 0 Å². The van der Waals surface area contributed by atoms with Gasteiger partial charge in [-0.05, 0) is 24.7 Å². The Bertz CT molecular complexity index is 253. The number of nitrogens with two attached hydrogens (primary N) is 1. The van der Waals surface area contributed by atoms with Crippen molar-refractivity contribution in [3.05, 3.63) is 30.1 Å². The first-order valence-corrected chi connectivity index (χ1v) is 4.68. The maximum Gasteiger partial charge on any atom is 0.0789 e. The van der Waals surface area contributed by atoms with Gasteiger partial charge in [0.25, 0.3) is 0 Å². The van der Waals surface area contributed by atoms with Crippen LogP contribution in [0.4, 0.5) is 0 Å². The lowest BCUT2D eigenvalue weighted by Crippen LogP contribution is -2.33. The van der Waals surface area contributed by atoms with E-state index < -0.39 is 6.10 Å². The van der Waals surface area contributed by atoms with Crippen LogP contribution in [-0.4, -0.2) is 41.2 Å². The van der Waals surface area contributed by atoms with E-state index in [2.05, 4.69) is 4.98 Å². The highest BCUT2D eigenvalue weighted by Crippen LogP contribution is 2.01. The molecule has 0 fully saturated rings. The van der Waals surface area contributed by atoms with E-state index in [4.69, 9.17) is 5.73 Å². The molecule has 1 atom stereocenters. The van der Waals surface area contributed by atoms with Crippen LogP contribution >= 0.6 is 0 Å². The van der Waals surface area contributed by atoms with E-state index in [1.165, 1.54) is 5.56 Å². The second-order valence-corrected chi connectivity index (χ2v) is 3.44. The third-order valence-electron chi connectivity index (χ3n) is 2.00. The number of nitrogens with zero attached hydrogens (tertiary/aromatic N) is 2. The highest BCUT2D eigenvalue weighted by molar-refractivity contribution is 5.09. The Morgan fingerprint density at radius 1 is 1.50 bits per heavy atom. The number of hydrogen-bond donors (Lipinski definition) is 2. The molecule has 0 aliphatic rings. The third-order valence-corrected chi connectivity index (χ3v) is 2.00. The molecule has 0 aliphatic heterocycles. The zero-order chi connectivity index (χ0) is 10.4. The number of aliphatic hydroxyl groups is 1. The number of aliphatic hydroxyl groups excluding tert-OH is 1. The van der Waals surface area contributed by atoms with Gasteiger partial charge in [0.05, 0.1) is 6.10 Å². The molecule has 0 amide bonds. The van der Waals surface area contributed by atoms with E-state index in [0.29, 0.717) is 13.1 Å². The molecule has 3 N–H and O–H groups in total. The molecule has 0 aromatic carbocycles. The first kappa shape index (κ1) is 11.1. The minimum Gasteiger partial charge on any atom is -0.390 e. The van der Waals surface area contributed by atoms with Gasteiger partial charge in [0, 0.05) is 32.0 Å². The summed E-state index contributed by atoms with van der Waals surface area (Å²) in [6, 6.07) is 3.93. The zero-order valence-corrected chi connectivity index (χ0v) is 8.43. The summed E-state index contributed by atoms with van der Waals surface area (Å²) in [5.74, 6) is 0. The standard InChI is InChI=1S/C10H17N3O/c1-13(8-10(14)6-11)7-9-2-4-12-5-3-9/h2-5,10,14H,6-8,11H2,1H3/t10-/m0/s1. The van der Waals surface area contributed by atoms with E-state index in [1.54, 1.807) is 12.4 Å². The van der Waals surface area contributed by atoms with Crippen LogP contribution in [0.15, 0.2) is 24.5 Å². The normalized spacial score (nSPS) is 13.1. The predicted octanol–water partition coefficient (Wildman–Crippen LogP) is -0.167. The Kier molecular flexibility index (Phi) is 4.52. The summed E-state index contributed by atoms with van der Waals surface area (Å²) >= 11 is 0. The summed E-state index contributed by atoms with van der Waals surface area (Å²) in [6.45, 7) is 1.71. The van der Waals surface area contributed by atoms with Gasteiger partial charge < -0.3 is 10.8 Å². The molecule has 4 heteroatoms. The first-order valence-electron chi connectivity index (χ1n) is 4.68. The molecule has 0 saturated heterocycles. The molecule has 0 saturated carbocycles. The van der Waals surface area contributed by atoms with Crippen LogP contribution in [0.1, 0.15) is 5.56 Å². The Hall–Kier alpha value is -0.970. The summed E-state index contributed by atoms with van der Waals surface area (Å²) < 4.78 is 0. The molecular weight excluding hydrogens is 178 g/mol. The van der Waals surface area contributed by atoms with Gasteiger partial charge in [-0.15, -0.1) is 0 Å². The Labute approximate surface area is 84.4 Å². The molecule has 1 aromatic rings. The third kappa shape index (κ3) is 3.83. The molecule has 0 bridgehead atoms. The van der Waals surface area contributed by atoms with Crippen molar-refractivity contribution >= 4 is 0 Å².